The van der Waals surface area contributed by atoms with E-state index in [1.165, 1.54) is 6.07 Å². The molecule has 0 radical (unpaired) electrons. The molecule has 140 valence electrons. The van der Waals surface area contributed by atoms with Crippen LogP contribution in [0.4, 0.5) is 0 Å². The lowest BCUT2D eigenvalue weighted by Gasteiger charge is -2.17. The van der Waals surface area contributed by atoms with Crippen LogP contribution in [-0.4, -0.2) is 17.0 Å². The zero-order chi connectivity index (χ0) is 19.4. The maximum absolute atomic E-state index is 12.4. The second kappa shape index (κ2) is 8.03. The number of benzene rings is 1. The number of aromatic nitrogens is 1. The molecule has 0 bridgehead atoms. The van der Waals surface area contributed by atoms with Crippen molar-refractivity contribution in [3.63, 3.8) is 0 Å². The highest BCUT2D eigenvalue weighted by Gasteiger charge is 2.18. The number of rotatable bonds is 6. The summed E-state index contributed by atoms with van der Waals surface area (Å²) in [6.45, 7) is 5.92. The number of amides is 1. The molecule has 0 aliphatic heterocycles. The summed E-state index contributed by atoms with van der Waals surface area (Å²) in [6.07, 6.45) is 3.34. The smallest absolute Gasteiger partial charge is 0.336 e. The predicted octanol–water partition coefficient (Wildman–Crippen LogP) is 3.14. The van der Waals surface area contributed by atoms with Gasteiger partial charge in [-0.2, -0.15) is 0 Å². The van der Waals surface area contributed by atoms with E-state index in [9.17, 15) is 9.59 Å². The number of carbonyl (C=O) groups excluding carboxylic acids is 1. The molecule has 0 saturated heterocycles. The zero-order valence-electron chi connectivity index (χ0n) is 15.6. The number of aryl methyl sites for hydroxylation is 2. The highest BCUT2D eigenvalue weighted by Crippen LogP contribution is 2.31. The molecule has 0 aliphatic carbocycles. The van der Waals surface area contributed by atoms with Crippen LogP contribution >= 0.6 is 0 Å². The van der Waals surface area contributed by atoms with Gasteiger partial charge in [-0.3, -0.25) is 9.78 Å². The molecular formula is C21H22N2O4. The third-order valence-corrected chi connectivity index (χ3v) is 4.28. The van der Waals surface area contributed by atoms with Crippen molar-refractivity contribution in [2.75, 3.05) is 0 Å². The maximum Gasteiger partial charge on any atom is 0.336 e. The minimum absolute atomic E-state index is 0.232. The van der Waals surface area contributed by atoms with E-state index < -0.39 is 11.7 Å². The summed E-state index contributed by atoms with van der Waals surface area (Å²) in [6, 6.07) is 8.84. The van der Waals surface area contributed by atoms with E-state index in [1.807, 2.05) is 32.0 Å². The van der Waals surface area contributed by atoms with Gasteiger partial charge in [0.15, 0.2) is 6.10 Å². The van der Waals surface area contributed by atoms with E-state index in [2.05, 4.69) is 10.3 Å². The maximum atomic E-state index is 12.4. The van der Waals surface area contributed by atoms with Crippen LogP contribution in [0.3, 0.4) is 0 Å². The predicted molar refractivity (Wildman–Crippen MR) is 103 cm³/mol. The molecule has 2 heterocycles. The van der Waals surface area contributed by atoms with E-state index in [-0.39, 0.29) is 5.91 Å². The van der Waals surface area contributed by atoms with Crippen LogP contribution in [0.25, 0.3) is 11.0 Å². The Bertz CT molecular complexity index is 1010. The molecule has 6 nitrogen and oxygen atoms in total. The van der Waals surface area contributed by atoms with Crippen LogP contribution in [0, 0.1) is 6.92 Å². The van der Waals surface area contributed by atoms with Crippen molar-refractivity contribution in [1.82, 2.24) is 10.3 Å². The van der Waals surface area contributed by atoms with Gasteiger partial charge in [-0.05, 0) is 55.2 Å². The molecule has 6 heteroatoms. The molecule has 1 amide bonds. The van der Waals surface area contributed by atoms with Crippen molar-refractivity contribution in [3.8, 4) is 5.75 Å². The minimum Gasteiger partial charge on any atom is -0.480 e. The fourth-order valence-electron chi connectivity index (χ4n) is 2.92. The van der Waals surface area contributed by atoms with Crippen LogP contribution in [0.2, 0.25) is 0 Å². The number of nitrogens with zero attached hydrogens (tertiary/aromatic N) is 1. The lowest BCUT2D eigenvalue weighted by atomic mass is 10.0. The van der Waals surface area contributed by atoms with E-state index in [0.29, 0.717) is 24.3 Å². The Labute approximate surface area is 157 Å². The van der Waals surface area contributed by atoms with E-state index in [0.717, 1.165) is 22.1 Å². The lowest BCUT2D eigenvalue weighted by molar-refractivity contribution is -0.127. The summed E-state index contributed by atoms with van der Waals surface area (Å²) in [5.41, 5.74) is 2.71. The average Bonchev–Trinajstić information content (AvgIpc) is 2.65. The quantitative estimate of drug-likeness (QED) is 0.678. The highest BCUT2D eigenvalue weighted by molar-refractivity contribution is 5.88. The zero-order valence-corrected chi connectivity index (χ0v) is 15.6. The molecule has 0 fully saturated rings. The fraction of sp³-hybridized carbons (Fsp3) is 0.286. The van der Waals surface area contributed by atoms with Gasteiger partial charge < -0.3 is 14.5 Å². The molecule has 3 aromatic rings. The van der Waals surface area contributed by atoms with E-state index in [4.69, 9.17) is 9.15 Å². The van der Waals surface area contributed by atoms with Crippen molar-refractivity contribution in [2.24, 2.45) is 0 Å². The number of pyridine rings is 1. The molecule has 0 saturated carbocycles. The second-order valence-corrected chi connectivity index (χ2v) is 6.42. The van der Waals surface area contributed by atoms with Crippen molar-refractivity contribution >= 4 is 16.9 Å². The molecule has 1 atom stereocenters. The third-order valence-electron chi connectivity index (χ3n) is 4.28. The van der Waals surface area contributed by atoms with Crippen LogP contribution in [0.15, 0.2) is 51.9 Å². The molecule has 3 rings (SSSR count). The molecule has 1 aromatic carbocycles. The Balaban J connectivity index is 1.82. The summed E-state index contributed by atoms with van der Waals surface area (Å²) in [5, 5.41) is 3.57. The van der Waals surface area contributed by atoms with Gasteiger partial charge in [-0.1, -0.05) is 13.0 Å². The molecule has 0 spiro atoms. The second-order valence-electron chi connectivity index (χ2n) is 6.42. The summed E-state index contributed by atoms with van der Waals surface area (Å²) >= 11 is 0. The van der Waals surface area contributed by atoms with Crippen LogP contribution in [0.5, 0.6) is 5.75 Å². The lowest BCUT2D eigenvalue weighted by Crippen LogP contribution is -2.36. The first-order valence-electron chi connectivity index (χ1n) is 8.88. The minimum atomic E-state index is -0.705. The van der Waals surface area contributed by atoms with Gasteiger partial charge in [-0.25, -0.2) is 4.79 Å². The van der Waals surface area contributed by atoms with Crippen molar-refractivity contribution < 1.29 is 13.9 Å². The number of hydrogen-bond acceptors (Lipinski definition) is 5. The van der Waals surface area contributed by atoms with Gasteiger partial charge in [0.1, 0.15) is 11.3 Å². The van der Waals surface area contributed by atoms with Gasteiger partial charge in [0, 0.05) is 25.0 Å². The molecular weight excluding hydrogens is 344 g/mol. The van der Waals surface area contributed by atoms with E-state index >= 15 is 0 Å². The first kappa shape index (κ1) is 18.6. The standard InChI is InChI=1S/C21H22N2O4/c1-4-16-10-19(24)27-18-9-13(2)8-17(20(16)18)26-14(3)21(25)23-12-15-6-5-7-22-11-15/h5-11,14H,4,12H2,1-3H3,(H,23,25)/t14-/m1/s1. The van der Waals surface area contributed by atoms with Crippen molar-refractivity contribution in [1.29, 1.82) is 0 Å². The number of nitrogens with one attached hydrogen (secondary N) is 1. The Hall–Kier alpha value is -3.15. The van der Waals surface area contributed by atoms with Crippen molar-refractivity contribution in [2.45, 2.75) is 39.8 Å². The summed E-state index contributed by atoms with van der Waals surface area (Å²) in [7, 11) is 0. The van der Waals surface area contributed by atoms with Gasteiger partial charge in [-0.15, -0.1) is 0 Å². The SMILES string of the molecule is CCc1cc(=O)oc2cc(C)cc(O[C@H](C)C(=O)NCc3cccnc3)c12. The summed E-state index contributed by atoms with van der Waals surface area (Å²) in [5.74, 6) is 0.304. The largest absolute Gasteiger partial charge is 0.480 e. The summed E-state index contributed by atoms with van der Waals surface area (Å²) < 4.78 is 11.3. The summed E-state index contributed by atoms with van der Waals surface area (Å²) in [4.78, 5) is 28.2. The number of carbonyl (C=O) groups is 1. The van der Waals surface area contributed by atoms with Crippen molar-refractivity contribution in [3.05, 3.63) is 69.8 Å². The van der Waals surface area contributed by atoms with E-state index in [1.54, 1.807) is 25.4 Å². The molecule has 1 N–H and O–H groups in total. The topological polar surface area (TPSA) is 81.4 Å². The Kier molecular flexibility index (Phi) is 5.54. The van der Waals surface area contributed by atoms with Gasteiger partial charge >= 0.3 is 5.63 Å². The molecule has 27 heavy (non-hydrogen) atoms. The van der Waals surface area contributed by atoms with Gasteiger partial charge in [0.2, 0.25) is 0 Å². The van der Waals surface area contributed by atoms with Crippen LogP contribution in [0.1, 0.15) is 30.5 Å². The average molecular weight is 366 g/mol. The first-order valence-corrected chi connectivity index (χ1v) is 8.88. The molecule has 2 aromatic heterocycles. The number of fused-ring (bicyclic) bond motifs is 1. The van der Waals surface area contributed by atoms with Crippen LogP contribution < -0.4 is 15.7 Å². The van der Waals surface area contributed by atoms with Crippen LogP contribution in [-0.2, 0) is 17.8 Å². The third kappa shape index (κ3) is 4.34. The molecule has 0 aliphatic rings. The molecule has 0 unspecified atom stereocenters. The Morgan fingerprint density at radius 1 is 1.33 bits per heavy atom. The Morgan fingerprint density at radius 2 is 2.15 bits per heavy atom. The Morgan fingerprint density at radius 3 is 2.85 bits per heavy atom. The monoisotopic (exact) mass is 366 g/mol. The number of ether oxygens (including phenoxy) is 1. The highest BCUT2D eigenvalue weighted by atomic mass is 16.5. The van der Waals surface area contributed by atoms with Gasteiger partial charge in [0.05, 0.1) is 5.39 Å². The first-order chi connectivity index (χ1) is 13.0. The van der Waals surface area contributed by atoms with Gasteiger partial charge in [0.25, 0.3) is 5.91 Å². The number of hydrogen-bond donors (Lipinski definition) is 1. The fourth-order valence-corrected chi connectivity index (χ4v) is 2.92. The normalized spacial score (nSPS) is 12.0.